The summed E-state index contributed by atoms with van der Waals surface area (Å²) in [6, 6.07) is 0. The van der Waals surface area contributed by atoms with Gasteiger partial charge in [0.05, 0.1) is 10.1 Å². The number of rotatable bonds is 9. The van der Waals surface area contributed by atoms with Crippen molar-refractivity contribution < 1.29 is 47.6 Å². The summed E-state index contributed by atoms with van der Waals surface area (Å²) in [4.78, 5) is 0. The Morgan fingerprint density at radius 2 is 1.69 bits per heavy atom. The van der Waals surface area contributed by atoms with Gasteiger partial charge in [-0.05, 0) is 19.3 Å². The van der Waals surface area contributed by atoms with Crippen LogP contribution in [0.2, 0.25) is 0 Å². The molecule has 0 aromatic carbocycles. The first-order valence-electron chi connectivity index (χ1n) is 5.58. The van der Waals surface area contributed by atoms with Crippen molar-refractivity contribution in [3.05, 3.63) is 0 Å². The zero-order chi connectivity index (χ0) is 11.7. The minimum absolute atomic E-state index is 0. The van der Waals surface area contributed by atoms with Crippen molar-refractivity contribution in [1.82, 2.24) is 0 Å². The molecule has 0 heterocycles. The van der Waals surface area contributed by atoms with Crippen molar-refractivity contribution in [2.75, 3.05) is 6.61 Å². The van der Waals surface area contributed by atoms with Crippen LogP contribution in [0.4, 0.5) is 0 Å². The molecule has 0 aliphatic rings. The van der Waals surface area contributed by atoms with Crippen LogP contribution in [0.5, 0.6) is 0 Å². The molecule has 6 heteroatoms. The Labute approximate surface area is 121 Å². The van der Waals surface area contributed by atoms with Gasteiger partial charge in [-0.25, -0.2) is 8.42 Å². The van der Waals surface area contributed by atoms with Crippen LogP contribution in [0.3, 0.4) is 0 Å². The van der Waals surface area contributed by atoms with Crippen molar-refractivity contribution in [2.45, 2.75) is 57.1 Å². The van der Waals surface area contributed by atoms with Gasteiger partial charge in [-0.15, -0.1) is 0 Å². The van der Waals surface area contributed by atoms with Crippen molar-refractivity contribution in [2.24, 2.45) is 0 Å². The molecule has 0 saturated heterocycles. The molecule has 0 rings (SSSR count). The third-order valence-electron chi connectivity index (χ3n) is 2.45. The molecule has 4 nitrogen and oxygen atoms in total. The summed E-state index contributed by atoms with van der Waals surface area (Å²) in [6.45, 7) is 2.06. The van der Waals surface area contributed by atoms with Gasteiger partial charge in [0.1, 0.15) is 0 Å². The Morgan fingerprint density at radius 3 is 2.12 bits per heavy atom. The van der Waals surface area contributed by atoms with Crippen molar-refractivity contribution in [3.8, 4) is 0 Å². The molecule has 1 atom stereocenters. The van der Waals surface area contributed by atoms with Crippen LogP contribution in [-0.4, -0.2) is 29.9 Å². The van der Waals surface area contributed by atoms with E-state index in [9.17, 15) is 13.0 Å². The van der Waals surface area contributed by atoms with Crippen LogP contribution in [0.1, 0.15) is 51.9 Å². The number of hydrogen-bond acceptors (Lipinski definition) is 4. The molecular weight excluding hydrogens is 239 g/mol. The summed E-state index contributed by atoms with van der Waals surface area (Å²) in [5.74, 6) is 0. The third kappa shape index (κ3) is 10.1. The van der Waals surface area contributed by atoms with E-state index in [1.807, 2.05) is 6.92 Å². The van der Waals surface area contributed by atoms with Gasteiger partial charge in [-0.2, -0.15) is 0 Å². The summed E-state index contributed by atoms with van der Waals surface area (Å²) in [5, 5.41) is 7.83. The van der Waals surface area contributed by atoms with Crippen molar-refractivity contribution >= 4 is 10.1 Å². The van der Waals surface area contributed by atoms with Crippen LogP contribution in [0, 0.1) is 0 Å². The second kappa shape index (κ2) is 11.0. The normalized spacial score (nSPS) is 13.2. The monoisotopic (exact) mass is 260 g/mol. The van der Waals surface area contributed by atoms with E-state index >= 15 is 0 Å². The van der Waals surface area contributed by atoms with E-state index in [0.29, 0.717) is 12.8 Å². The molecule has 0 radical (unpaired) electrons. The van der Waals surface area contributed by atoms with E-state index in [-0.39, 0.29) is 36.2 Å². The fourth-order valence-electron chi connectivity index (χ4n) is 1.59. The number of hydrogen-bond donors (Lipinski definition) is 1. The Bertz CT molecular complexity index is 241. The molecule has 0 amide bonds. The molecule has 0 fully saturated rings. The number of unbranched alkanes of at least 4 members (excludes halogenated alkanes) is 3. The molecule has 1 unspecified atom stereocenters. The molecule has 0 saturated carbocycles. The Balaban J connectivity index is 0. The fourth-order valence-corrected chi connectivity index (χ4v) is 2.57. The average Bonchev–Trinajstić information content (AvgIpc) is 2.14. The van der Waals surface area contributed by atoms with E-state index in [0.717, 1.165) is 32.1 Å². The smallest absolute Gasteiger partial charge is 0.748 e. The summed E-state index contributed by atoms with van der Waals surface area (Å²) in [6.07, 6.45) is 4.94. The largest absolute Gasteiger partial charge is 1.00 e. The van der Waals surface area contributed by atoms with Crippen LogP contribution >= 0.6 is 0 Å². The average molecular weight is 260 g/mol. The Hall–Kier alpha value is 0.870. The second-order valence-corrected chi connectivity index (χ2v) is 5.48. The first-order valence-corrected chi connectivity index (χ1v) is 7.05. The molecule has 0 aromatic heterocycles. The molecule has 0 spiro atoms. The minimum Gasteiger partial charge on any atom is -0.748 e. The molecule has 92 valence electrons. The molecular formula is C10H21NaO4S. The predicted octanol–water partition coefficient (Wildman–Crippen LogP) is -1.35. The summed E-state index contributed by atoms with van der Waals surface area (Å²) < 4.78 is 32.5. The molecule has 0 aromatic rings. The van der Waals surface area contributed by atoms with Crippen LogP contribution in [0.25, 0.3) is 0 Å². The van der Waals surface area contributed by atoms with Gasteiger partial charge in [0.2, 0.25) is 0 Å². The minimum atomic E-state index is -4.12. The predicted molar refractivity (Wildman–Crippen MR) is 58.6 cm³/mol. The SMILES string of the molecule is CCCC(CCCCCCO)S(=O)(=O)[O-].[Na+]. The van der Waals surface area contributed by atoms with Gasteiger partial charge < -0.3 is 9.66 Å². The van der Waals surface area contributed by atoms with Gasteiger partial charge in [-0.3, -0.25) is 0 Å². The van der Waals surface area contributed by atoms with Gasteiger partial charge in [0, 0.05) is 11.9 Å². The Morgan fingerprint density at radius 1 is 1.12 bits per heavy atom. The maximum atomic E-state index is 10.8. The van der Waals surface area contributed by atoms with E-state index in [1.54, 1.807) is 0 Å². The fraction of sp³-hybridized carbons (Fsp3) is 1.00. The Kier molecular flexibility index (Phi) is 13.2. The number of aliphatic hydroxyl groups is 1. The van der Waals surface area contributed by atoms with Crippen LogP contribution < -0.4 is 29.6 Å². The van der Waals surface area contributed by atoms with Crippen molar-refractivity contribution in [3.63, 3.8) is 0 Å². The van der Waals surface area contributed by atoms with E-state index in [2.05, 4.69) is 0 Å². The summed E-state index contributed by atoms with van der Waals surface area (Å²) >= 11 is 0. The van der Waals surface area contributed by atoms with Crippen LogP contribution in [-0.2, 0) is 10.1 Å². The molecule has 0 aliphatic heterocycles. The summed E-state index contributed by atoms with van der Waals surface area (Å²) in [7, 11) is -4.12. The quantitative estimate of drug-likeness (QED) is 0.316. The number of aliphatic hydroxyl groups excluding tert-OH is 1. The topological polar surface area (TPSA) is 77.4 Å². The molecule has 16 heavy (non-hydrogen) atoms. The van der Waals surface area contributed by atoms with Gasteiger partial charge in [-0.1, -0.05) is 32.6 Å². The van der Waals surface area contributed by atoms with Crippen LogP contribution in [0.15, 0.2) is 0 Å². The van der Waals surface area contributed by atoms with Gasteiger partial charge >= 0.3 is 29.6 Å². The molecule has 0 bridgehead atoms. The zero-order valence-electron chi connectivity index (χ0n) is 10.3. The first kappa shape index (κ1) is 19.2. The molecule has 1 N–H and O–H groups in total. The maximum Gasteiger partial charge on any atom is 1.00 e. The van der Waals surface area contributed by atoms with Gasteiger partial charge in [0.15, 0.2) is 0 Å². The maximum absolute atomic E-state index is 10.8. The van der Waals surface area contributed by atoms with E-state index in [4.69, 9.17) is 5.11 Å². The van der Waals surface area contributed by atoms with E-state index in [1.165, 1.54) is 0 Å². The van der Waals surface area contributed by atoms with Gasteiger partial charge in [0.25, 0.3) is 0 Å². The van der Waals surface area contributed by atoms with E-state index < -0.39 is 15.4 Å². The summed E-state index contributed by atoms with van der Waals surface area (Å²) in [5.41, 5.74) is 0. The third-order valence-corrected chi connectivity index (χ3v) is 3.74. The second-order valence-electron chi connectivity index (χ2n) is 3.83. The molecule has 0 aliphatic carbocycles. The standard InChI is InChI=1S/C10H22O4S.Na/c1-2-7-10(15(12,13)14)8-5-3-4-6-9-11;/h10-11H,2-9H2,1H3,(H,12,13,14);/q;+1/p-1. The first-order chi connectivity index (χ1) is 7.02. The zero-order valence-corrected chi connectivity index (χ0v) is 13.1. The van der Waals surface area contributed by atoms with Crippen molar-refractivity contribution in [1.29, 1.82) is 0 Å².